The number of aromatic nitrogens is 1. The summed E-state index contributed by atoms with van der Waals surface area (Å²) in [7, 11) is 1.60. The summed E-state index contributed by atoms with van der Waals surface area (Å²) in [4.78, 5) is 24.4. The number of carbonyl (C=O) groups excluding carboxylic acids is 2. The first kappa shape index (κ1) is 23.4. The molecule has 0 unspecified atom stereocenters. The molecular formula is C22H24F3NO4. The summed E-state index contributed by atoms with van der Waals surface area (Å²) in [5.74, 6) is -1.18. The Morgan fingerprint density at radius 2 is 1.90 bits per heavy atom. The lowest BCUT2D eigenvalue weighted by Gasteiger charge is -2.17. The van der Waals surface area contributed by atoms with E-state index in [4.69, 9.17) is 9.47 Å². The molecule has 2 rings (SSSR count). The molecule has 0 N–H and O–H groups in total. The number of nitrogens with zero attached hydrogens (tertiary/aromatic N) is 1. The van der Waals surface area contributed by atoms with Crippen molar-refractivity contribution in [2.24, 2.45) is 0 Å². The average molecular weight is 423 g/mol. The molecule has 30 heavy (non-hydrogen) atoms. The highest BCUT2D eigenvalue weighted by Crippen LogP contribution is 2.29. The molecular weight excluding hydrogens is 399 g/mol. The maximum Gasteiger partial charge on any atom is 0.416 e. The molecule has 0 saturated carbocycles. The van der Waals surface area contributed by atoms with Gasteiger partial charge >= 0.3 is 12.1 Å². The molecule has 0 radical (unpaired) electrons. The van der Waals surface area contributed by atoms with Crippen LogP contribution >= 0.6 is 0 Å². The Bertz CT molecular complexity index is 944. The van der Waals surface area contributed by atoms with Crippen LogP contribution in [0.3, 0.4) is 0 Å². The number of carbonyl (C=O) groups is 2. The van der Waals surface area contributed by atoms with Crippen LogP contribution in [0.15, 0.2) is 36.4 Å². The van der Waals surface area contributed by atoms with Gasteiger partial charge in [0.15, 0.2) is 6.61 Å². The van der Waals surface area contributed by atoms with Crippen molar-refractivity contribution in [3.8, 4) is 0 Å². The number of aryl methyl sites for hydroxylation is 1. The van der Waals surface area contributed by atoms with Gasteiger partial charge in [-0.15, -0.1) is 0 Å². The summed E-state index contributed by atoms with van der Waals surface area (Å²) >= 11 is 0. The van der Waals surface area contributed by atoms with Gasteiger partial charge in [-0.25, -0.2) is 4.79 Å². The fourth-order valence-electron chi connectivity index (χ4n) is 3.30. The van der Waals surface area contributed by atoms with Gasteiger partial charge in [-0.3, -0.25) is 4.79 Å². The Balaban J connectivity index is 2.01. The molecule has 0 saturated heterocycles. The van der Waals surface area contributed by atoms with Gasteiger partial charge < -0.3 is 14.0 Å². The van der Waals surface area contributed by atoms with E-state index in [-0.39, 0.29) is 17.4 Å². The van der Waals surface area contributed by atoms with Crippen LogP contribution in [0.5, 0.6) is 0 Å². The van der Waals surface area contributed by atoms with Crippen molar-refractivity contribution in [3.05, 3.63) is 64.5 Å². The minimum atomic E-state index is -4.47. The van der Waals surface area contributed by atoms with E-state index in [0.29, 0.717) is 12.2 Å². The first-order chi connectivity index (χ1) is 14.0. The minimum Gasteiger partial charge on any atom is -0.454 e. The van der Waals surface area contributed by atoms with Gasteiger partial charge in [0, 0.05) is 30.1 Å². The molecule has 0 bridgehead atoms. The molecule has 162 valence electrons. The number of alkyl halides is 3. The number of benzene rings is 1. The Kier molecular flexibility index (Phi) is 7.61. The Morgan fingerprint density at radius 3 is 2.53 bits per heavy atom. The highest BCUT2D eigenvalue weighted by atomic mass is 19.4. The molecule has 2 aromatic rings. The van der Waals surface area contributed by atoms with Crippen molar-refractivity contribution in [2.45, 2.75) is 33.0 Å². The molecule has 1 aromatic carbocycles. The first-order valence-electron chi connectivity index (χ1n) is 9.27. The van der Waals surface area contributed by atoms with Gasteiger partial charge in [0.1, 0.15) is 0 Å². The summed E-state index contributed by atoms with van der Waals surface area (Å²) in [5, 5.41) is 0. The van der Waals surface area contributed by atoms with Gasteiger partial charge in [0.05, 0.1) is 18.2 Å². The largest absolute Gasteiger partial charge is 0.454 e. The lowest BCUT2D eigenvalue weighted by atomic mass is 10.1. The lowest BCUT2D eigenvalue weighted by Crippen LogP contribution is -2.16. The molecule has 5 nitrogen and oxygen atoms in total. The normalized spacial score (nSPS) is 12.9. The zero-order valence-electron chi connectivity index (χ0n) is 17.2. The van der Waals surface area contributed by atoms with Crippen molar-refractivity contribution in [1.29, 1.82) is 0 Å². The fraction of sp³-hybridized carbons (Fsp3) is 0.364. The fourth-order valence-corrected chi connectivity index (χ4v) is 3.30. The summed E-state index contributed by atoms with van der Waals surface area (Å²) < 4.78 is 50.3. The molecule has 1 atom stereocenters. The van der Waals surface area contributed by atoms with E-state index in [9.17, 15) is 22.8 Å². The van der Waals surface area contributed by atoms with E-state index < -0.39 is 24.3 Å². The second-order valence-electron chi connectivity index (χ2n) is 6.95. The van der Waals surface area contributed by atoms with Crippen LogP contribution in [0.25, 0.3) is 6.08 Å². The maximum absolute atomic E-state index is 12.7. The molecule has 0 aliphatic rings. The van der Waals surface area contributed by atoms with Crippen LogP contribution in [0.2, 0.25) is 0 Å². The predicted octanol–water partition coefficient (Wildman–Crippen LogP) is 4.77. The molecule has 8 heteroatoms. The number of methoxy groups -OCH3 is 1. The van der Waals surface area contributed by atoms with Crippen LogP contribution in [0.4, 0.5) is 13.2 Å². The molecule has 0 spiro atoms. The average Bonchev–Trinajstić information content (AvgIpc) is 2.98. The van der Waals surface area contributed by atoms with Crippen LogP contribution in [-0.2, 0) is 20.4 Å². The van der Waals surface area contributed by atoms with E-state index in [2.05, 4.69) is 0 Å². The highest BCUT2D eigenvalue weighted by molar-refractivity contribution is 6.00. The van der Waals surface area contributed by atoms with Gasteiger partial charge in [0.25, 0.3) is 0 Å². The molecule has 1 heterocycles. The summed E-state index contributed by atoms with van der Waals surface area (Å²) in [6.45, 7) is 5.67. The molecule has 0 aliphatic carbocycles. The maximum atomic E-state index is 12.7. The van der Waals surface area contributed by atoms with Crippen molar-refractivity contribution in [1.82, 2.24) is 4.57 Å². The van der Waals surface area contributed by atoms with E-state index in [1.807, 2.05) is 25.3 Å². The van der Waals surface area contributed by atoms with Gasteiger partial charge in [-0.1, -0.05) is 12.1 Å². The van der Waals surface area contributed by atoms with Crippen LogP contribution < -0.4 is 0 Å². The molecule has 0 amide bonds. The first-order valence-corrected chi connectivity index (χ1v) is 9.27. The van der Waals surface area contributed by atoms with E-state index >= 15 is 0 Å². The summed E-state index contributed by atoms with van der Waals surface area (Å²) in [6.07, 6.45) is -2.27. The highest BCUT2D eigenvalue weighted by Gasteiger charge is 2.30. The second-order valence-corrected chi connectivity index (χ2v) is 6.95. The topological polar surface area (TPSA) is 57.5 Å². The number of Topliss-reactive ketones (excluding diaryl/α,β-unsaturated/α-hetero) is 1. The third-order valence-electron chi connectivity index (χ3n) is 4.60. The van der Waals surface area contributed by atoms with Gasteiger partial charge in [-0.2, -0.15) is 13.2 Å². The van der Waals surface area contributed by atoms with E-state index in [1.165, 1.54) is 18.2 Å². The summed E-state index contributed by atoms with van der Waals surface area (Å²) in [6, 6.07) is 6.31. The van der Waals surface area contributed by atoms with Crippen LogP contribution in [0.1, 0.15) is 45.8 Å². The van der Waals surface area contributed by atoms with Crippen molar-refractivity contribution in [2.75, 3.05) is 20.3 Å². The summed E-state index contributed by atoms with van der Waals surface area (Å²) in [5.41, 5.74) is 1.47. The second kappa shape index (κ2) is 9.75. The predicted molar refractivity (Wildman–Crippen MR) is 106 cm³/mol. The zero-order chi connectivity index (χ0) is 22.5. The zero-order valence-corrected chi connectivity index (χ0v) is 17.2. The van der Waals surface area contributed by atoms with Crippen molar-refractivity contribution >= 4 is 17.8 Å². The number of rotatable bonds is 8. The van der Waals surface area contributed by atoms with Gasteiger partial charge in [0.2, 0.25) is 5.78 Å². The standard InChI is InChI=1S/C22H24F3NO4/c1-14-10-19(16(3)26(14)15(2)12-29-4)20(27)13-30-21(28)9-8-17-6-5-7-18(11-17)22(23,24)25/h5-11,15H,12-13H2,1-4H3/b9-8+/t15-/m0/s1. The number of hydrogen-bond acceptors (Lipinski definition) is 4. The third-order valence-corrected chi connectivity index (χ3v) is 4.60. The molecule has 0 aliphatic heterocycles. The smallest absolute Gasteiger partial charge is 0.416 e. The molecule has 1 aromatic heterocycles. The van der Waals surface area contributed by atoms with E-state index in [1.54, 1.807) is 13.2 Å². The number of halogens is 3. The quantitative estimate of drug-likeness (QED) is 0.349. The lowest BCUT2D eigenvalue weighted by molar-refractivity contribution is -0.138. The van der Waals surface area contributed by atoms with E-state index in [0.717, 1.165) is 29.6 Å². The van der Waals surface area contributed by atoms with Crippen LogP contribution in [-0.4, -0.2) is 36.6 Å². The van der Waals surface area contributed by atoms with Crippen LogP contribution in [0, 0.1) is 13.8 Å². The number of esters is 1. The third kappa shape index (κ3) is 5.82. The minimum absolute atomic E-state index is 0.0366. The monoisotopic (exact) mass is 423 g/mol. The Hall–Kier alpha value is -2.87. The molecule has 0 fully saturated rings. The van der Waals surface area contributed by atoms with Gasteiger partial charge in [-0.05, 0) is 50.6 Å². The Labute approximate surface area is 173 Å². The van der Waals surface area contributed by atoms with Crippen molar-refractivity contribution < 1.29 is 32.2 Å². The number of ether oxygens (including phenoxy) is 2. The number of ketones is 1. The SMILES string of the molecule is COC[C@H](C)n1c(C)cc(C(=O)COC(=O)/C=C/c2cccc(C(F)(F)F)c2)c1C. The van der Waals surface area contributed by atoms with Crippen molar-refractivity contribution in [3.63, 3.8) is 0 Å². The number of hydrogen-bond donors (Lipinski definition) is 0. The Morgan fingerprint density at radius 1 is 1.20 bits per heavy atom.